The molecule has 194 valence electrons. The number of aromatic nitrogens is 2. The van der Waals surface area contributed by atoms with Gasteiger partial charge >= 0.3 is 12.3 Å². The van der Waals surface area contributed by atoms with Crippen LogP contribution in [0.25, 0.3) is 0 Å². The summed E-state index contributed by atoms with van der Waals surface area (Å²) in [6.45, 7) is 2.27. The summed E-state index contributed by atoms with van der Waals surface area (Å²) < 4.78 is 46.6. The highest BCUT2D eigenvalue weighted by Crippen LogP contribution is 2.35. The fourth-order valence-corrected chi connectivity index (χ4v) is 4.41. The van der Waals surface area contributed by atoms with Gasteiger partial charge in [-0.3, -0.25) is 4.79 Å². The molecule has 1 fully saturated rings. The summed E-state index contributed by atoms with van der Waals surface area (Å²) in [6, 6.07) is 10.5. The van der Waals surface area contributed by atoms with Crippen LogP contribution in [0.3, 0.4) is 0 Å². The SMILES string of the molecule is O=C(Nc1ccc(N2CCN(C(=O)O)CC2)nc1)c1oc(N2CCc3ccccc3C2)nc1C(F)(F)F. The Morgan fingerprint density at radius 1 is 0.973 bits per heavy atom. The summed E-state index contributed by atoms with van der Waals surface area (Å²) in [6.07, 6.45) is -3.93. The highest BCUT2D eigenvalue weighted by molar-refractivity contribution is 6.03. The van der Waals surface area contributed by atoms with Crippen molar-refractivity contribution < 1.29 is 32.3 Å². The number of carbonyl (C=O) groups excluding carboxylic acids is 1. The monoisotopic (exact) mass is 516 g/mol. The molecular formula is C24H23F3N6O4. The van der Waals surface area contributed by atoms with E-state index in [0.717, 1.165) is 11.1 Å². The fourth-order valence-electron chi connectivity index (χ4n) is 4.41. The zero-order valence-corrected chi connectivity index (χ0v) is 19.5. The number of hydrogen-bond acceptors (Lipinski definition) is 7. The Morgan fingerprint density at radius 2 is 1.70 bits per heavy atom. The summed E-state index contributed by atoms with van der Waals surface area (Å²) >= 11 is 0. The molecule has 2 N–H and O–H groups in total. The molecule has 13 heteroatoms. The van der Waals surface area contributed by atoms with Crippen molar-refractivity contribution in [3.63, 3.8) is 0 Å². The predicted molar refractivity (Wildman–Crippen MR) is 127 cm³/mol. The first kappa shape index (κ1) is 24.4. The van der Waals surface area contributed by atoms with Crippen molar-refractivity contribution in [2.24, 2.45) is 0 Å². The third kappa shape index (κ3) is 5.15. The molecule has 0 radical (unpaired) electrons. The molecule has 0 spiro atoms. The number of piperazine rings is 1. The number of alkyl halides is 3. The Kier molecular flexibility index (Phi) is 6.36. The number of carbonyl (C=O) groups is 2. The smallest absolute Gasteiger partial charge is 0.437 e. The zero-order valence-electron chi connectivity index (χ0n) is 19.5. The molecule has 1 saturated heterocycles. The Morgan fingerprint density at radius 3 is 2.35 bits per heavy atom. The normalized spacial score (nSPS) is 15.9. The summed E-state index contributed by atoms with van der Waals surface area (Å²) in [5.74, 6) is -1.45. The molecule has 2 aromatic heterocycles. The van der Waals surface area contributed by atoms with Gasteiger partial charge < -0.3 is 29.5 Å². The molecule has 2 amide bonds. The van der Waals surface area contributed by atoms with E-state index in [2.05, 4.69) is 15.3 Å². The van der Waals surface area contributed by atoms with Gasteiger partial charge in [-0.05, 0) is 29.7 Å². The molecule has 0 atom stereocenters. The molecular weight excluding hydrogens is 493 g/mol. The number of rotatable bonds is 4. The van der Waals surface area contributed by atoms with Gasteiger partial charge in [-0.2, -0.15) is 18.2 Å². The molecule has 0 unspecified atom stereocenters. The van der Waals surface area contributed by atoms with E-state index < -0.39 is 29.6 Å². The summed E-state index contributed by atoms with van der Waals surface area (Å²) in [5, 5.41) is 11.5. The number of hydrogen-bond donors (Lipinski definition) is 2. The van der Waals surface area contributed by atoms with Crippen molar-refractivity contribution in [3.05, 3.63) is 65.2 Å². The van der Waals surface area contributed by atoms with Crippen molar-refractivity contribution in [2.75, 3.05) is 47.8 Å². The van der Waals surface area contributed by atoms with Gasteiger partial charge in [-0.15, -0.1) is 0 Å². The van der Waals surface area contributed by atoms with E-state index in [1.807, 2.05) is 29.2 Å². The van der Waals surface area contributed by atoms with Gasteiger partial charge in [0, 0.05) is 39.3 Å². The van der Waals surface area contributed by atoms with Crippen LogP contribution in [-0.2, 0) is 19.1 Å². The van der Waals surface area contributed by atoms with E-state index in [0.29, 0.717) is 51.5 Å². The molecule has 0 saturated carbocycles. The van der Waals surface area contributed by atoms with E-state index in [9.17, 15) is 22.8 Å². The van der Waals surface area contributed by atoms with E-state index in [-0.39, 0.29) is 11.7 Å². The highest BCUT2D eigenvalue weighted by atomic mass is 19.4. The Bertz CT molecular complexity index is 1300. The van der Waals surface area contributed by atoms with Crippen LogP contribution in [0.15, 0.2) is 47.0 Å². The molecule has 1 aromatic carbocycles. The number of benzene rings is 1. The largest absolute Gasteiger partial charge is 0.465 e. The van der Waals surface area contributed by atoms with Crippen LogP contribution >= 0.6 is 0 Å². The quantitative estimate of drug-likeness (QED) is 0.540. The Hall–Kier alpha value is -4.29. The number of fused-ring (bicyclic) bond motifs is 1. The van der Waals surface area contributed by atoms with E-state index in [1.165, 1.54) is 17.2 Å². The molecule has 2 aliphatic heterocycles. The van der Waals surface area contributed by atoms with Crippen LogP contribution in [-0.4, -0.2) is 64.7 Å². The maximum absolute atomic E-state index is 13.7. The van der Waals surface area contributed by atoms with E-state index in [4.69, 9.17) is 9.52 Å². The molecule has 5 rings (SSSR count). The van der Waals surface area contributed by atoms with Gasteiger partial charge in [-0.25, -0.2) is 9.78 Å². The lowest BCUT2D eigenvalue weighted by atomic mass is 10.0. The van der Waals surface area contributed by atoms with Crippen molar-refractivity contribution >= 4 is 29.5 Å². The zero-order chi connectivity index (χ0) is 26.2. The average Bonchev–Trinajstić information content (AvgIpc) is 3.36. The van der Waals surface area contributed by atoms with Crippen molar-refractivity contribution in [3.8, 4) is 0 Å². The minimum absolute atomic E-state index is 0.177. The van der Waals surface area contributed by atoms with Gasteiger partial charge in [0.05, 0.1) is 11.9 Å². The van der Waals surface area contributed by atoms with Gasteiger partial charge in [0.25, 0.3) is 11.9 Å². The Balaban J connectivity index is 1.30. The molecule has 10 nitrogen and oxygen atoms in total. The van der Waals surface area contributed by atoms with Crippen LogP contribution < -0.4 is 15.1 Å². The van der Waals surface area contributed by atoms with Gasteiger partial charge in [0.2, 0.25) is 5.76 Å². The minimum Gasteiger partial charge on any atom is -0.465 e. The second-order valence-corrected chi connectivity index (χ2v) is 8.73. The first-order valence-electron chi connectivity index (χ1n) is 11.6. The predicted octanol–water partition coefficient (Wildman–Crippen LogP) is 3.70. The van der Waals surface area contributed by atoms with E-state index in [1.54, 1.807) is 11.0 Å². The van der Waals surface area contributed by atoms with Gasteiger partial charge in [-0.1, -0.05) is 24.3 Å². The Labute approximate surface area is 209 Å². The number of pyridine rings is 1. The molecule has 37 heavy (non-hydrogen) atoms. The first-order chi connectivity index (χ1) is 17.7. The molecule has 4 heterocycles. The number of halogens is 3. The topological polar surface area (TPSA) is 115 Å². The summed E-state index contributed by atoms with van der Waals surface area (Å²) in [7, 11) is 0. The molecule has 3 aromatic rings. The first-order valence-corrected chi connectivity index (χ1v) is 11.6. The lowest BCUT2D eigenvalue weighted by Crippen LogP contribution is -2.48. The fraction of sp³-hybridized carbons (Fsp3) is 0.333. The summed E-state index contributed by atoms with van der Waals surface area (Å²) in [4.78, 5) is 36.5. The lowest BCUT2D eigenvalue weighted by Gasteiger charge is -2.33. The van der Waals surface area contributed by atoms with Crippen LogP contribution in [0.5, 0.6) is 0 Å². The second-order valence-electron chi connectivity index (χ2n) is 8.73. The molecule has 0 bridgehead atoms. The number of carboxylic acid groups (broad SMARTS) is 1. The molecule has 2 aliphatic rings. The third-order valence-corrected chi connectivity index (χ3v) is 6.37. The number of nitrogens with one attached hydrogen (secondary N) is 1. The van der Waals surface area contributed by atoms with Gasteiger partial charge in [0.15, 0.2) is 5.69 Å². The minimum atomic E-state index is -4.89. The lowest BCUT2D eigenvalue weighted by molar-refractivity contribution is -0.141. The van der Waals surface area contributed by atoms with Crippen molar-refractivity contribution in [2.45, 2.75) is 19.1 Å². The number of nitrogens with zero attached hydrogens (tertiary/aromatic N) is 5. The highest BCUT2D eigenvalue weighted by Gasteiger charge is 2.42. The summed E-state index contributed by atoms with van der Waals surface area (Å²) in [5.41, 5.74) is 0.858. The van der Waals surface area contributed by atoms with Gasteiger partial charge in [0.1, 0.15) is 5.82 Å². The van der Waals surface area contributed by atoms with Crippen molar-refractivity contribution in [1.29, 1.82) is 0 Å². The van der Waals surface area contributed by atoms with E-state index >= 15 is 0 Å². The average molecular weight is 516 g/mol. The maximum Gasteiger partial charge on any atom is 0.437 e. The van der Waals surface area contributed by atoms with Crippen LogP contribution in [0, 0.1) is 0 Å². The second kappa shape index (κ2) is 9.64. The maximum atomic E-state index is 13.7. The van der Waals surface area contributed by atoms with Crippen LogP contribution in [0.2, 0.25) is 0 Å². The molecule has 0 aliphatic carbocycles. The number of amides is 2. The standard InChI is InChI=1S/C24H23F3N6O4/c25-24(26,27)20-19(37-22(30-20)33-8-7-15-3-1-2-4-16(15)14-33)21(34)29-17-5-6-18(28-13-17)31-9-11-32(12-10-31)23(35)36/h1-6,13H,7-12,14H2,(H,29,34)(H,35,36). The van der Waals surface area contributed by atoms with Crippen LogP contribution in [0.4, 0.5) is 35.5 Å². The van der Waals surface area contributed by atoms with Crippen molar-refractivity contribution in [1.82, 2.24) is 14.9 Å². The third-order valence-electron chi connectivity index (χ3n) is 6.37. The van der Waals surface area contributed by atoms with Crippen LogP contribution in [0.1, 0.15) is 27.4 Å². The number of oxazole rings is 1. The number of anilines is 3.